The van der Waals surface area contributed by atoms with Gasteiger partial charge in [0.25, 0.3) is 0 Å². The fourth-order valence-electron chi connectivity index (χ4n) is 3.80. The predicted octanol–water partition coefficient (Wildman–Crippen LogP) is 3.88. The van der Waals surface area contributed by atoms with Crippen molar-refractivity contribution in [1.29, 1.82) is 0 Å². The molecule has 0 bridgehead atoms. The second-order valence-corrected chi connectivity index (χ2v) is 9.26. The number of aryl methyl sites for hydroxylation is 1. The molecular weight excluding hydrogens is 368 g/mol. The van der Waals surface area contributed by atoms with Gasteiger partial charge in [0.15, 0.2) is 11.8 Å². The fraction of sp³-hybridized carbons (Fsp3) is 0.667. The van der Waals surface area contributed by atoms with E-state index in [-0.39, 0.29) is 0 Å². The van der Waals surface area contributed by atoms with Crippen LogP contribution in [-0.4, -0.2) is 27.3 Å². The summed E-state index contributed by atoms with van der Waals surface area (Å²) in [7, 11) is 1.99. The Morgan fingerprint density at radius 2 is 2.04 bits per heavy atom. The summed E-state index contributed by atoms with van der Waals surface area (Å²) in [4.78, 5) is 6.08. The molecule has 1 saturated carbocycles. The lowest BCUT2D eigenvalue weighted by molar-refractivity contribution is 0.224. The van der Waals surface area contributed by atoms with Gasteiger partial charge >= 0.3 is 0 Å². The van der Waals surface area contributed by atoms with Crippen LogP contribution < -0.4 is 10.6 Å². The summed E-state index contributed by atoms with van der Waals surface area (Å²) in [6, 6.07) is 4.23. The minimum atomic E-state index is 0.525. The minimum Gasteiger partial charge on any atom is -0.356 e. The number of guanidine groups is 1. The van der Waals surface area contributed by atoms with Crippen LogP contribution in [0.1, 0.15) is 56.1 Å². The van der Waals surface area contributed by atoms with Crippen LogP contribution in [0.5, 0.6) is 0 Å². The van der Waals surface area contributed by atoms with Gasteiger partial charge in [-0.1, -0.05) is 19.9 Å². The summed E-state index contributed by atoms with van der Waals surface area (Å²) in [5.74, 6) is 5.11. The zero-order valence-electron chi connectivity index (χ0n) is 17.6. The van der Waals surface area contributed by atoms with E-state index in [1.54, 1.807) is 11.3 Å². The molecule has 3 rings (SSSR count). The molecule has 2 aromatic rings. The Morgan fingerprint density at radius 3 is 2.64 bits per heavy atom. The Labute approximate surface area is 172 Å². The Balaban J connectivity index is 1.56. The number of hydrogen-bond donors (Lipinski definition) is 2. The van der Waals surface area contributed by atoms with E-state index in [0.29, 0.717) is 6.54 Å². The number of aromatic nitrogens is 3. The second kappa shape index (κ2) is 10.0. The Bertz CT molecular complexity index is 741. The Morgan fingerprint density at radius 1 is 1.25 bits per heavy atom. The SMILES string of the molecule is Cc1nnc(CN=C(NCc2cccs2)NCC2CCC(C(C)C)CC2)n1C. The number of hydrogen-bond acceptors (Lipinski definition) is 4. The van der Waals surface area contributed by atoms with E-state index in [4.69, 9.17) is 4.99 Å². The molecule has 0 spiro atoms. The topological polar surface area (TPSA) is 67.1 Å². The molecular formula is C21H34N6S. The monoisotopic (exact) mass is 402 g/mol. The van der Waals surface area contributed by atoms with E-state index < -0.39 is 0 Å². The van der Waals surface area contributed by atoms with Gasteiger partial charge in [-0.25, -0.2) is 4.99 Å². The normalized spacial score (nSPS) is 20.5. The maximum atomic E-state index is 4.77. The van der Waals surface area contributed by atoms with Crippen molar-refractivity contribution in [3.8, 4) is 0 Å². The van der Waals surface area contributed by atoms with Gasteiger partial charge < -0.3 is 15.2 Å². The third kappa shape index (κ3) is 5.80. The van der Waals surface area contributed by atoms with Crippen molar-refractivity contribution in [2.24, 2.45) is 29.8 Å². The molecule has 2 N–H and O–H groups in total. The number of thiophene rings is 1. The molecule has 2 aromatic heterocycles. The number of aliphatic imine (C=N–C) groups is 1. The first kappa shape index (κ1) is 20.8. The van der Waals surface area contributed by atoms with E-state index in [9.17, 15) is 0 Å². The third-order valence-electron chi connectivity index (χ3n) is 5.96. The Hall–Kier alpha value is -1.89. The predicted molar refractivity (Wildman–Crippen MR) is 116 cm³/mol. The van der Waals surface area contributed by atoms with Gasteiger partial charge in [0, 0.05) is 18.5 Å². The largest absolute Gasteiger partial charge is 0.356 e. The van der Waals surface area contributed by atoms with E-state index in [1.807, 2.05) is 18.5 Å². The van der Waals surface area contributed by atoms with Gasteiger partial charge in [0.1, 0.15) is 12.4 Å². The zero-order chi connectivity index (χ0) is 19.9. The molecule has 2 heterocycles. The van der Waals surface area contributed by atoms with Crippen LogP contribution in [-0.2, 0) is 20.1 Å². The average Bonchev–Trinajstić information content (AvgIpc) is 3.32. The molecule has 6 nitrogen and oxygen atoms in total. The van der Waals surface area contributed by atoms with Crippen LogP contribution in [0.3, 0.4) is 0 Å². The molecule has 154 valence electrons. The van der Waals surface area contributed by atoms with Crippen molar-refractivity contribution in [2.45, 2.75) is 59.5 Å². The highest BCUT2D eigenvalue weighted by atomic mass is 32.1. The van der Waals surface area contributed by atoms with Crippen molar-refractivity contribution < 1.29 is 0 Å². The molecule has 0 saturated heterocycles. The van der Waals surface area contributed by atoms with Crippen molar-refractivity contribution in [1.82, 2.24) is 25.4 Å². The van der Waals surface area contributed by atoms with Crippen molar-refractivity contribution in [3.63, 3.8) is 0 Å². The van der Waals surface area contributed by atoms with Crippen molar-refractivity contribution in [2.75, 3.05) is 6.54 Å². The zero-order valence-corrected chi connectivity index (χ0v) is 18.4. The summed E-state index contributed by atoms with van der Waals surface area (Å²) in [6.45, 7) is 8.98. The molecule has 0 atom stereocenters. The maximum absolute atomic E-state index is 4.77. The lowest BCUT2D eigenvalue weighted by Gasteiger charge is -2.31. The highest BCUT2D eigenvalue weighted by Crippen LogP contribution is 2.32. The van der Waals surface area contributed by atoms with E-state index in [2.05, 4.69) is 52.2 Å². The molecule has 7 heteroatoms. The number of nitrogens with zero attached hydrogens (tertiary/aromatic N) is 4. The van der Waals surface area contributed by atoms with Crippen LogP contribution in [0.15, 0.2) is 22.5 Å². The first-order chi connectivity index (χ1) is 13.5. The van der Waals surface area contributed by atoms with Gasteiger partial charge in [-0.15, -0.1) is 21.5 Å². The molecule has 0 radical (unpaired) electrons. The number of rotatable bonds is 7. The van der Waals surface area contributed by atoms with Crippen LogP contribution >= 0.6 is 11.3 Å². The van der Waals surface area contributed by atoms with Crippen LogP contribution in [0, 0.1) is 24.7 Å². The van der Waals surface area contributed by atoms with Gasteiger partial charge in [0.05, 0.1) is 6.54 Å². The maximum Gasteiger partial charge on any atom is 0.192 e. The number of nitrogens with one attached hydrogen (secondary N) is 2. The van der Waals surface area contributed by atoms with Crippen LogP contribution in [0.4, 0.5) is 0 Å². The summed E-state index contributed by atoms with van der Waals surface area (Å²) in [5, 5.41) is 17.5. The van der Waals surface area contributed by atoms with Crippen LogP contribution in [0.2, 0.25) is 0 Å². The standard InChI is InChI=1S/C21H34N6S/c1-15(2)18-9-7-17(8-10-18)12-22-21(23-13-19-6-5-11-28-19)24-14-20-26-25-16(3)27(20)4/h5-6,11,15,17-18H,7-10,12-14H2,1-4H3,(H2,22,23,24). The molecule has 1 aliphatic carbocycles. The molecule has 0 amide bonds. The summed E-state index contributed by atoms with van der Waals surface area (Å²) < 4.78 is 1.99. The van der Waals surface area contributed by atoms with E-state index in [0.717, 1.165) is 48.5 Å². The lowest BCUT2D eigenvalue weighted by atomic mass is 9.77. The molecule has 1 aliphatic rings. The van der Waals surface area contributed by atoms with E-state index >= 15 is 0 Å². The highest BCUT2D eigenvalue weighted by Gasteiger charge is 2.23. The summed E-state index contributed by atoms with van der Waals surface area (Å²) in [6.07, 6.45) is 5.35. The molecule has 0 aromatic carbocycles. The highest BCUT2D eigenvalue weighted by molar-refractivity contribution is 7.09. The summed E-state index contributed by atoms with van der Waals surface area (Å²) >= 11 is 1.76. The molecule has 28 heavy (non-hydrogen) atoms. The van der Waals surface area contributed by atoms with Gasteiger partial charge in [0.2, 0.25) is 0 Å². The fourth-order valence-corrected chi connectivity index (χ4v) is 4.44. The Kier molecular flexibility index (Phi) is 7.48. The first-order valence-corrected chi connectivity index (χ1v) is 11.3. The summed E-state index contributed by atoms with van der Waals surface area (Å²) in [5.41, 5.74) is 0. The smallest absolute Gasteiger partial charge is 0.192 e. The third-order valence-corrected chi connectivity index (χ3v) is 6.84. The lowest BCUT2D eigenvalue weighted by Crippen LogP contribution is -2.40. The average molecular weight is 403 g/mol. The second-order valence-electron chi connectivity index (χ2n) is 8.23. The van der Waals surface area contributed by atoms with Crippen molar-refractivity contribution >= 4 is 17.3 Å². The van der Waals surface area contributed by atoms with Crippen molar-refractivity contribution in [3.05, 3.63) is 34.0 Å². The van der Waals surface area contributed by atoms with Gasteiger partial charge in [-0.2, -0.15) is 0 Å². The van der Waals surface area contributed by atoms with Gasteiger partial charge in [-0.05, 0) is 61.8 Å². The van der Waals surface area contributed by atoms with E-state index in [1.165, 1.54) is 30.6 Å². The first-order valence-electron chi connectivity index (χ1n) is 10.4. The molecule has 1 fully saturated rings. The molecule has 0 aliphatic heterocycles. The molecule has 0 unspecified atom stereocenters. The minimum absolute atomic E-state index is 0.525. The van der Waals surface area contributed by atoms with Crippen LogP contribution in [0.25, 0.3) is 0 Å². The quantitative estimate of drug-likeness (QED) is 0.545. The van der Waals surface area contributed by atoms with Gasteiger partial charge in [-0.3, -0.25) is 0 Å².